The van der Waals surface area contributed by atoms with E-state index >= 15 is 0 Å². The minimum absolute atomic E-state index is 0.390. The Kier molecular flexibility index (Phi) is 4.79. The molecule has 0 radical (unpaired) electrons. The number of hydrogen-bond acceptors (Lipinski definition) is 2. The summed E-state index contributed by atoms with van der Waals surface area (Å²) in [5.74, 6) is 1.97. The molecule has 1 saturated carbocycles. The standard InChI is InChI=1S/C14H19BrCl2N2/c1-14(2,3)9-6-4-8(5-7-9)13-18-11(16)10(15)12(17)19-13/h8-9H,4-7H2,1-3H3. The van der Waals surface area contributed by atoms with Gasteiger partial charge in [-0.25, -0.2) is 9.97 Å². The van der Waals surface area contributed by atoms with Crippen molar-refractivity contribution in [3.8, 4) is 0 Å². The maximum Gasteiger partial charge on any atom is 0.148 e. The van der Waals surface area contributed by atoms with Crippen molar-refractivity contribution in [1.82, 2.24) is 9.97 Å². The highest BCUT2D eigenvalue weighted by atomic mass is 79.9. The second-order valence-electron chi connectivity index (χ2n) is 6.39. The van der Waals surface area contributed by atoms with Gasteiger partial charge in [0.15, 0.2) is 0 Å². The van der Waals surface area contributed by atoms with Crippen LogP contribution in [0.15, 0.2) is 4.47 Å². The lowest BCUT2D eigenvalue weighted by molar-refractivity contribution is 0.167. The maximum absolute atomic E-state index is 6.06. The van der Waals surface area contributed by atoms with E-state index in [-0.39, 0.29) is 0 Å². The van der Waals surface area contributed by atoms with E-state index in [1.54, 1.807) is 0 Å². The first-order valence-corrected chi connectivity index (χ1v) is 8.22. The molecular formula is C14H19BrCl2N2. The predicted octanol–water partition coefficient (Wildman–Crippen LogP) is 5.87. The Labute approximate surface area is 133 Å². The summed E-state index contributed by atoms with van der Waals surface area (Å²) in [4.78, 5) is 8.73. The second kappa shape index (κ2) is 5.87. The molecule has 1 aromatic heterocycles. The Morgan fingerprint density at radius 3 is 1.89 bits per heavy atom. The molecule has 0 spiro atoms. The molecule has 0 N–H and O–H groups in total. The van der Waals surface area contributed by atoms with Crippen molar-refractivity contribution < 1.29 is 0 Å². The van der Waals surface area contributed by atoms with E-state index in [1.807, 2.05) is 0 Å². The zero-order valence-electron chi connectivity index (χ0n) is 11.5. The minimum Gasteiger partial charge on any atom is -0.220 e. The molecule has 0 unspecified atom stereocenters. The van der Waals surface area contributed by atoms with Gasteiger partial charge in [0.25, 0.3) is 0 Å². The molecule has 1 aliphatic rings. The van der Waals surface area contributed by atoms with Crippen molar-refractivity contribution in [2.24, 2.45) is 11.3 Å². The summed E-state index contributed by atoms with van der Waals surface area (Å²) < 4.78 is 0.586. The van der Waals surface area contributed by atoms with Gasteiger partial charge in [-0.3, -0.25) is 0 Å². The summed E-state index contributed by atoms with van der Waals surface area (Å²) in [6.45, 7) is 6.96. The van der Waals surface area contributed by atoms with Gasteiger partial charge in [0.2, 0.25) is 0 Å². The molecule has 1 aromatic rings. The molecule has 0 amide bonds. The summed E-state index contributed by atoms with van der Waals surface area (Å²) in [5, 5.41) is 0.820. The molecule has 0 atom stereocenters. The Morgan fingerprint density at radius 1 is 1.00 bits per heavy atom. The van der Waals surface area contributed by atoms with Crippen LogP contribution in [0.2, 0.25) is 10.3 Å². The van der Waals surface area contributed by atoms with Crippen LogP contribution in [0.1, 0.15) is 58.2 Å². The molecule has 1 heterocycles. The number of halogens is 3. The van der Waals surface area contributed by atoms with E-state index in [2.05, 4.69) is 46.7 Å². The molecule has 1 fully saturated rings. The Balaban J connectivity index is 2.10. The lowest BCUT2D eigenvalue weighted by Gasteiger charge is -2.36. The number of nitrogens with zero attached hydrogens (tertiary/aromatic N) is 2. The van der Waals surface area contributed by atoms with E-state index in [0.29, 0.717) is 26.1 Å². The topological polar surface area (TPSA) is 25.8 Å². The average Bonchev–Trinajstić information content (AvgIpc) is 2.34. The summed E-state index contributed by atoms with van der Waals surface area (Å²) >= 11 is 15.4. The molecule has 106 valence electrons. The van der Waals surface area contributed by atoms with Crippen molar-refractivity contribution >= 4 is 39.1 Å². The first kappa shape index (κ1) is 15.5. The van der Waals surface area contributed by atoms with Gasteiger partial charge in [-0.05, 0) is 52.9 Å². The molecule has 0 aromatic carbocycles. The summed E-state index contributed by atoms with van der Waals surface area (Å²) in [6.07, 6.45) is 4.69. The second-order valence-corrected chi connectivity index (χ2v) is 7.90. The quantitative estimate of drug-likeness (QED) is 0.582. The molecular weight excluding hydrogens is 347 g/mol. The monoisotopic (exact) mass is 364 g/mol. The molecule has 2 rings (SSSR count). The van der Waals surface area contributed by atoms with Crippen molar-refractivity contribution in [3.05, 3.63) is 20.6 Å². The summed E-state index contributed by atoms with van der Waals surface area (Å²) in [5.41, 5.74) is 0.390. The van der Waals surface area contributed by atoms with Crippen molar-refractivity contribution in [2.75, 3.05) is 0 Å². The zero-order chi connectivity index (χ0) is 14.2. The highest BCUT2D eigenvalue weighted by molar-refractivity contribution is 9.10. The van der Waals surface area contributed by atoms with Crippen LogP contribution in [0, 0.1) is 11.3 Å². The van der Waals surface area contributed by atoms with E-state index in [0.717, 1.165) is 24.6 Å². The van der Waals surface area contributed by atoms with Gasteiger partial charge in [-0.2, -0.15) is 0 Å². The SMILES string of the molecule is CC(C)(C)C1CCC(c2nc(Cl)c(Br)c(Cl)n2)CC1. The summed E-state index contributed by atoms with van der Waals surface area (Å²) in [6, 6.07) is 0. The molecule has 1 aliphatic carbocycles. The van der Waals surface area contributed by atoms with Crippen LogP contribution in [0.4, 0.5) is 0 Å². The van der Waals surface area contributed by atoms with Crippen LogP contribution in [-0.4, -0.2) is 9.97 Å². The third kappa shape index (κ3) is 3.62. The van der Waals surface area contributed by atoms with E-state index < -0.39 is 0 Å². The largest absolute Gasteiger partial charge is 0.220 e. The first-order chi connectivity index (χ1) is 8.79. The normalized spacial score (nSPS) is 24.5. The third-order valence-corrected chi connectivity index (χ3v) is 5.86. The van der Waals surface area contributed by atoms with Crippen LogP contribution >= 0.6 is 39.1 Å². The first-order valence-electron chi connectivity index (χ1n) is 6.67. The fraction of sp³-hybridized carbons (Fsp3) is 0.714. The van der Waals surface area contributed by atoms with Gasteiger partial charge in [0.1, 0.15) is 16.1 Å². The van der Waals surface area contributed by atoms with Gasteiger partial charge in [0.05, 0.1) is 4.47 Å². The third-order valence-electron chi connectivity index (χ3n) is 4.10. The van der Waals surface area contributed by atoms with E-state index in [9.17, 15) is 0 Å². The van der Waals surface area contributed by atoms with Crippen molar-refractivity contribution in [1.29, 1.82) is 0 Å². The highest BCUT2D eigenvalue weighted by Crippen LogP contribution is 2.43. The number of hydrogen-bond donors (Lipinski definition) is 0. The average molecular weight is 366 g/mol. The highest BCUT2D eigenvalue weighted by Gasteiger charge is 2.31. The molecule has 0 saturated heterocycles. The van der Waals surface area contributed by atoms with Crippen LogP contribution < -0.4 is 0 Å². The van der Waals surface area contributed by atoms with Crippen LogP contribution in [0.5, 0.6) is 0 Å². The van der Waals surface area contributed by atoms with E-state index in [4.69, 9.17) is 23.2 Å². The molecule has 5 heteroatoms. The van der Waals surface area contributed by atoms with Crippen molar-refractivity contribution in [3.63, 3.8) is 0 Å². The minimum atomic E-state index is 0.390. The molecule has 19 heavy (non-hydrogen) atoms. The number of aromatic nitrogens is 2. The van der Waals surface area contributed by atoms with Gasteiger partial charge in [-0.15, -0.1) is 0 Å². The number of rotatable bonds is 1. The van der Waals surface area contributed by atoms with Gasteiger partial charge in [-0.1, -0.05) is 44.0 Å². The molecule has 0 aliphatic heterocycles. The smallest absolute Gasteiger partial charge is 0.148 e. The van der Waals surface area contributed by atoms with Crippen molar-refractivity contribution in [2.45, 2.75) is 52.4 Å². The Morgan fingerprint density at radius 2 is 1.47 bits per heavy atom. The van der Waals surface area contributed by atoms with Gasteiger partial charge >= 0.3 is 0 Å². The fourth-order valence-corrected chi connectivity index (χ4v) is 3.39. The lowest BCUT2D eigenvalue weighted by Crippen LogP contribution is -2.25. The van der Waals surface area contributed by atoms with Crippen LogP contribution in [-0.2, 0) is 0 Å². The van der Waals surface area contributed by atoms with E-state index in [1.165, 1.54) is 12.8 Å². The predicted molar refractivity (Wildman–Crippen MR) is 83.9 cm³/mol. The summed E-state index contributed by atoms with van der Waals surface area (Å²) in [7, 11) is 0. The van der Waals surface area contributed by atoms with Gasteiger partial charge in [0, 0.05) is 5.92 Å². The molecule has 2 nitrogen and oxygen atoms in total. The Bertz CT molecular complexity index is 440. The fourth-order valence-electron chi connectivity index (χ4n) is 2.81. The maximum atomic E-state index is 6.06. The van der Waals surface area contributed by atoms with Crippen LogP contribution in [0.3, 0.4) is 0 Å². The van der Waals surface area contributed by atoms with Gasteiger partial charge < -0.3 is 0 Å². The zero-order valence-corrected chi connectivity index (χ0v) is 14.6. The molecule has 0 bridgehead atoms. The Hall–Kier alpha value is 0.140. The van der Waals surface area contributed by atoms with Crippen LogP contribution in [0.25, 0.3) is 0 Å². The lowest BCUT2D eigenvalue weighted by atomic mass is 9.70.